The van der Waals surface area contributed by atoms with E-state index < -0.39 is 0 Å². The maximum atomic E-state index is 5.36. The zero-order valence-corrected chi connectivity index (χ0v) is 14.5. The largest absolute Gasteiger partial charge is 0.496 e. The molecule has 0 aliphatic carbocycles. The molecule has 0 aromatic heterocycles. The molecule has 1 fully saturated rings. The zero-order valence-electron chi connectivity index (χ0n) is 14.5. The van der Waals surface area contributed by atoms with Gasteiger partial charge in [0.1, 0.15) is 5.75 Å². The molecule has 1 saturated heterocycles. The first kappa shape index (κ1) is 16.5. The summed E-state index contributed by atoms with van der Waals surface area (Å²) in [6.45, 7) is 7.13. The molecule has 0 saturated carbocycles. The lowest BCUT2D eigenvalue weighted by atomic mass is 10.1. The molecule has 0 radical (unpaired) electrons. The van der Waals surface area contributed by atoms with Gasteiger partial charge in [0.15, 0.2) is 0 Å². The summed E-state index contributed by atoms with van der Waals surface area (Å²) in [6.07, 6.45) is 1.90. The summed E-state index contributed by atoms with van der Waals surface area (Å²) >= 11 is 0. The monoisotopic (exact) mass is 323 g/mol. The fraction of sp³-hybridized carbons (Fsp3) is 0.350. The lowest BCUT2D eigenvalue weighted by Crippen LogP contribution is -2.43. The van der Waals surface area contributed by atoms with Crippen molar-refractivity contribution < 1.29 is 4.74 Å². The molecule has 0 amide bonds. The average Bonchev–Trinajstić information content (AvgIpc) is 2.63. The van der Waals surface area contributed by atoms with E-state index >= 15 is 0 Å². The zero-order chi connectivity index (χ0) is 16.8. The van der Waals surface area contributed by atoms with E-state index in [1.165, 1.54) is 11.1 Å². The molecule has 0 bridgehead atoms. The van der Waals surface area contributed by atoms with Crippen LogP contribution in [0.15, 0.2) is 53.6 Å². The Morgan fingerprint density at radius 3 is 2.42 bits per heavy atom. The van der Waals surface area contributed by atoms with Crippen LogP contribution in [0.4, 0.5) is 0 Å². The molecular weight excluding hydrogens is 298 g/mol. The Morgan fingerprint density at radius 1 is 1.00 bits per heavy atom. The van der Waals surface area contributed by atoms with Crippen LogP contribution in [0, 0.1) is 6.92 Å². The molecule has 0 unspecified atom stereocenters. The number of hydrazone groups is 1. The maximum Gasteiger partial charge on any atom is 0.127 e. The topological polar surface area (TPSA) is 28.1 Å². The van der Waals surface area contributed by atoms with Gasteiger partial charge in [0.25, 0.3) is 0 Å². The minimum Gasteiger partial charge on any atom is -0.496 e. The summed E-state index contributed by atoms with van der Waals surface area (Å²) in [5, 5.41) is 6.75. The Hall–Kier alpha value is -2.33. The number of hydrogen-bond acceptors (Lipinski definition) is 4. The first-order chi connectivity index (χ1) is 11.7. The third-order valence-corrected chi connectivity index (χ3v) is 4.37. The van der Waals surface area contributed by atoms with Gasteiger partial charge in [-0.1, -0.05) is 42.0 Å². The van der Waals surface area contributed by atoms with Gasteiger partial charge < -0.3 is 4.74 Å². The van der Waals surface area contributed by atoms with Gasteiger partial charge in [-0.25, -0.2) is 0 Å². The van der Waals surface area contributed by atoms with Crippen molar-refractivity contribution in [2.75, 3.05) is 33.3 Å². The first-order valence-electron chi connectivity index (χ1n) is 8.44. The van der Waals surface area contributed by atoms with Crippen molar-refractivity contribution in [2.45, 2.75) is 13.5 Å². The van der Waals surface area contributed by atoms with E-state index in [0.717, 1.165) is 44.0 Å². The summed E-state index contributed by atoms with van der Waals surface area (Å²) in [5.74, 6) is 0.860. The molecule has 4 nitrogen and oxygen atoms in total. The van der Waals surface area contributed by atoms with Crippen molar-refractivity contribution in [1.29, 1.82) is 0 Å². The summed E-state index contributed by atoms with van der Waals surface area (Å²) in [6, 6.07) is 16.8. The molecule has 4 heteroatoms. The van der Waals surface area contributed by atoms with E-state index in [9.17, 15) is 0 Å². The van der Waals surface area contributed by atoms with Crippen molar-refractivity contribution >= 4 is 6.21 Å². The van der Waals surface area contributed by atoms with Crippen LogP contribution in [0.3, 0.4) is 0 Å². The van der Waals surface area contributed by atoms with Crippen LogP contribution in [0.25, 0.3) is 0 Å². The van der Waals surface area contributed by atoms with Crippen LogP contribution in [0.1, 0.15) is 16.7 Å². The Bertz CT molecular complexity index is 674. The number of hydrogen-bond donors (Lipinski definition) is 0. The molecular formula is C20H25N3O. The predicted molar refractivity (Wildman–Crippen MR) is 98.6 cm³/mol. The van der Waals surface area contributed by atoms with Gasteiger partial charge in [0, 0.05) is 38.3 Å². The SMILES string of the molecule is COc1ccccc1C=NN1CCN(Cc2ccc(C)cc2)CC1. The number of aryl methyl sites for hydroxylation is 1. The summed E-state index contributed by atoms with van der Waals surface area (Å²) < 4.78 is 5.36. The number of benzene rings is 2. The highest BCUT2D eigenvalue weighted by Gasteiger charge is 2.15. The summed E-state index contributed by atoms with van der Waals surface area (Å²) in [5.41, 5.74) is 3.71. The smallest absolute Gasteiger partial charge is 0.127 e. The Morgan fingerprint density at radius 2 is 1.71 bits per heavy atom. The maximum absolute atomic E-state index is 5.36. The summed E-state index contributed by atoms with van der Waals surface area (Å²) in [7, 11) is 1.69. The molecule has 0 atom stereocenters. The first-order valence-corrected chi connectivity index (χ1v) is 8.44. The van der Waals surface area contributed by atoms with Crippen LogP contribution in [-0.4, -0.2) is 49.4 Å². The molecule has 0 N–H and O–H groups in total. The lowest BCUT2D eigenvalue weighted by Gasteiger charge is -2.33. The van der Waals surface area contributed by atoms with Crippen LogP contribution in [-0.2, 0) is 6.54 Å². The van der Waals surface area contributed by atoms with Gasteiger partial charge in [-0.2, -0.15) is 5.10 Å². The lowest BCUT2D eigenvalue weighted by molar-refractivity contribution is 0.131. The Labute approximate surface area is 144 Å². The van der Waals surface area contributed by atoms with Crippen LogP contribution < -0.4 is 4.74 Å². The second-order valence-electron chi connectivity index (χ2n) is 6.20. The fourth-order valence-electron chi connectivity index (χ4n) is 2.88. The van der Waals surface area contributed by atoms with E-state index in [1.54, 1.807) is 7.11 Å². The third-order valence-electron chi connectivity index (χ3n) is 4.37. The number of nitrogens with zero attached hydrogens (tertiary/aromatic N) is 3. The number of piperazine rings is 1. The van der Waals surface area contributed by atoms with Crippen molar-refractivity contribution in [3.8, 4) is 5.75 Å². The minimum atomic E-state index is 0.860. The molecule has 126 valence electrons. The Kier molecular flexibility index (Phi) is 5.49. The highest BCUT2D eigenvalue weighted by molar-refractivity contribution is 5.83. The third kappa shape index (κ3) is 4.36. The molecule has 2 aromatic rings. The predicted octanol–water partition coefficient (Wildman–Crippen LogP) is 3.16. The van der Waals surface area contributed by atoms with Gasteiger partial charge >= 0.3 is 0 Å². The van der Waals surface area contributed by atoms with Crippen LogP contribution >= 0.6 is 0 Å². The van der Waals surface area contributed by atoms with Crippen LogP contribution in [0.2, 0.25) is 0 Å². The highest BCUT2D eigenvalue weighted by atomic mass is 16.5. The molecule has 1 aliphatic heterocycles. The van der Waals surface area contributed by atoms with E-state index in [4.69, 9.17) is 4.74 Å². The van der Waals surface area contributed by atoms with Gasteiger partial charge in [0.2, 0.25) is 0 Å². The summed E-state index contributed by atoms with van der Waals surface area (Å²) in [4.78, 5) is 2.49. The van der Waals surface area contributed by atoms with E-state index in [2.05, 4.69) is 46.2 Å². The van der Waals surface area contributed by atoms with E-state index in [-0.39, 0.29) is 0 Å². The van der Waals surface area contributed by atoms with Crippen molar-refractivity contribution in [2.24, 2.45) is 5.10 Å². The molecule has 3 rings (SSSR count). The van der Waals surface area contributed by atoms with E-state index in [0.29, 0.717) is 0 Å². The molecule has 0 spiro atoms. The molecule has 2 aromatic carbocycles. The van der Waals surface area contributed by atoms with Gasteiger partial charge in [-0.3, -0.25) is 9.91 Å². The van der Waals surface area contributed by atoms with Crippen molar-refractivity contribution in [3.05, 3.63) is 65.2 Å². The second kappa shape index (κ2) is 7.97. The van der Waals surface area contributed by atoms with Gasteiger partial charge in [-0.05, 0) is 24.6 Å². The van der Waals surface area contributed by atoms with Crippen molar-refractivity contribution in [3.63, 3.8) is 0 Å². The number of methoxy groups -OCH3 is 1. The standard InChI is InChI=1S/C20H25N3O/c1-17-7-9-18(10-8-17)16-22-11-13-23(14-12-22)21-15-19-5-3-4-6-20(19)24-2/h3-10,15H,11-14,16H2,1-2H3. The molecule has 1 heterocycles. The van der Waals surface area contributed by atoms with Crippen molar-refractivity contribution in [1.82, 2.24) is 9.91 Å². The quantitative estimate of drug-likeness (QED) is 0.791. The van der Waals surface area contributed by atoms with E-state index in [1.807, 2.05) is 30.5 Å². The minimum absolute atomic E-state index is 0.860. The van der Waals surface area contributed by atoms with Crippen LogP contribution in [0.5, 0.6) is 5.75 Å². The average molecular weight is 323 g/mol. The Balaban J connectivity index is 1.51. The fourth-order valence-corrected chi connectivity index (χ4v) is 2.88. The number of rotatable bonds is 5. The van der Waals surface area contributed by atoms with Gasteiger partial charge in [-0.15, -0.1) is 0 Å². The number of ether oxygens (including phenoxy) is 1. The number of para-hydroxylation sites is 1. The normalized spacial score (nSPS) is 15.8. The highest BCUT2D eigenvalue weighted by Crippen LogP contribution is 2.15. The molecule has 1 aliphatic rings. The second-order valence-corrected chi connectivity index (χ2v) is 6.20. The van der Waals surface area contributed by atoms with Gasteiger partial charge in [0.05, 0.1) is 13.3 Å². The molecule has 24 heavy (non-hydrogen) atoms.